The SMILES string of the molecule is CCc1nnc(NC2CCCCC2n2cccn2)nc1CC. The van der Waals surface area contributed by atoms with Crippen LogP contribution in [0.3, 0.4) is 0 Å². The first kappa shape index (κ1) is 14.9. The molecule has 1 N–H and O–H groups in total. The van der Waals surface area contributed by atoms with Crippen LogP contribution in [0.4, 0.5) is 5.95 Å². The summed E-state index contributed by atoms with van der Waals surface area (Å²) in [6.07, 6.45) is 10.4. The van der Waals surface area contributed by atoms with Crippen molar-refractivity contribution in [2.75, 3.05) is 5.32 Å². The first-order chi connectivity index (χ1) is 10.8. The third-order valence-electron chi connectivity index (χ3n) is 4.42. The Morgan fingerprint density at radius 2 is 1.95 bits per heavy atom. The summed E-state index contributed by atoms with van der Waals surface area (Å²) in [6.45, 7) is 4.20. The Morgan fingerprint density at radius 1 is 1.14 bits per heavy atom. The highest BCUT2D eigenvalue weighted by Gasteiger charge is 2.27. The molecule has 2 unspecified atom stereocenters. The number of aryl methyl sites for hydroxylation is 2. The molecule has 1 fully saturated rings. The molecule has 2 aromatic rings. The molecule has 0 spiro atoms. The van der Waals surface area contributed by atoms with Gasteiger partial charge in [0.25, 0.3) is 0 Å². The largest absolute Gasteiger partial charge is 0.348 e. The summed E-state index contributed by atoms with van der Waals surface area (Å²) < 4.78 is 2.06. The van der Waals surface area contributed by atoms with Gasteiger partial charge in [-0.05, 0) is 31.7 Å². The summed E-state index contributed by atoms with van der Waals surface area (Å²) >= 11 is 0. The number of anilines is 1. The Labute approximate surface area is 131 Å². The van der Waals surface area contributed by atoms with Crippen molar-refractivity contribution in [2.45, 2.75) is 64.5 Å². The van der Waals surface area contributed by atoms with Crippen molar-refractivity contribution >= 4 is 5.95 Å². The minimum atomic E-state index is 0.313. The van der Waals surface area contributed by atoms with E-state index >= 15 is 0 Å². The first-order valence-electron chi connectivity index (χ1n) is 8.30. The molecule has 1 aliphatic carbocycles. The van der Waals surface area contributed by atoms with E-state index in [0.717, 1.165) is 37.1 Å². The van der Waals surface area contributed by atoms with E-state index in [1.54, 1.807) is 0 Å². The standard InChI is InChI=1S/C16H24N6/c1-3-12-13(4-2)20-21-16(18-12)19-14-8-5-6-9-15(14)22-11-7-10-17-22/h7,10-11,14-15H,3-6,8-9H2,1-2H3,(H,18,19,21). The molecule has 3 rings (SSSR count). The predicted octanol–water partition coefficient (Wildman–Crippen LogP) is 2.79. The van der Waals surface area contributed by atoms with Gasteiger partial charge < -0.3 is 5.32 Å². The summed E-state index contributed by atoms with van der Waals surface area (Å²) in [5.41, 5.74) is 2.05. The van der Waals surface area contributed by atoms with E-state index < -0.39 is 0 Å². The van der Waals surface area contributed by atoms with Crippen molar-refractivity contribution in [3.05, 3.63) is 29.8 Å². The molecule has 0 bridgehead atoms. The third-order valence-corrected chi connectivity index (χ3v) is 4.42. The fourth-order valence-corrected chi connectivity index (χ4v) is 3.24. The highest BCUT2D eigenvalue weighted by atomic mass is 15.3. The summed E-state index contributed by atoms with van der Waals surface area (Å²) in [5.74, 6) is 0.651. The van der Waals surface area contributed by atoms with Gasteiger partial charge in [0.15, 0.2) is 0 Å². The number of rotatable bonds is 5. The molecule has 0 aliphatic heterocycles. The zero-order valence-electron chi connectivity index (χ0n) is 13.4. The lowest BCUT2D eigenvalue weighted by Gasteiger charge is -2.32. The molecule has 2 aromatic heterocycles. The second kappa shape index (κ2) is 6.85. The van der Waals surface area contributed by atoms with E-state index in [1.165, 1.54) is 12.8 Å². The van der Waals surface area contributed by atoms with E-state index in [1.807, 2.05) is 18.5 Å². The van der Waals surface area contributed by atoms with Gasteiger partial charge in [0.2, 0.25) is 5.95 Å². The van der Waals surface area contributed by atoms with Gasteiger partial charge in [0.05, 0.1) is 23.5 Å². The van der Waals surface area contributed by atoms with Gasteiger partial charge in [-0.3, -0.25) is 4.68 Å². The number of nitrogens with one attached hydrogen (secondary N) is 1. The molecule has 0 aromatic carbocycles. The van der Waals surface area contributed by atoms with Crippen molar-refractivity contribution in [3.63, 3.8) is 0 Å². The Morgan fingerprint density at radius 3 is 2.68 bits per heavy atom. The predicted molar refractivity (Wildman–Crippen MR) is 85.7 cm³/mol. The van der Waals surface area contributed by atoms with E-state index in [4.69, 9.17) is 0 Å². The van der Waals surface area contributed by atoms with Crippen molar-refractivity contribution in [1.82, 2.24) is 25.0 Å². The smallest absolute Gasteiger partial charge is 0.243 e. The number of nitrogens with zero attached hydrogens (tertiary/aromatic N) is 5. The molecule has 0 amide bonds. The second-order valence-corrected chi connectivity index (χ2v) is 5.82. The Balaban J connectivity index is 1.78. The molecule has 2 heterocycles. The van der Waals surface area contributed by atoms with Gasteiger partial charge in [-0.25, -0.2) is 4.98 Å². The Kier molecular flexibility index (Phi) is 4.65. The van der Waals surface area contributed by atoms with Crippen LogP contribution in [0, 0.1) is 0 Å². The van der Waals surface area contributed by atoms with Crippen LogP contribution in [0.25, 0.3) is 0 Å². The van der Waals surface area contributed by atoms with Crippen LogP contribution >= 0.6 is 0 Å². The highest BCUT2D eigenvalue weighted by Crippen LogP contribution is 2.29. The topological polar surface area (TPSA) is 68.5 Å². The molecule has 1 aliphatic rings. The maximum absolute atomic E-state index is 4.66. The molecule has 1 saturated carbocycles. The Bertz CT molecular complexity index is 595. The summed E-state index contributed by atoms with van der Waals surface area (Å²) in [6, 6.07) is 2.66. The highest BCUT2D eigenvalue weighted by molar-refractivity contribution is 5.28. The van der Waals surface area contributed by atoms with Crippen molar-refractivity contribution in [3.8, 4) is 0 Å². The van der Waals surface area contributed by atoms with E-state index in [2.05, 4.69) is 44.1 Å². The maximum atomic E-state index is 4.66. The maximum Gasteiger partial charge on any atom is 0.243 e. The molecule has 6 nitrogen and oxygen atoms in total. The monoisotopic (exact) mass is 300 g/mol. The molecule has 118 valence electrons. The molecule has 22 heavy (non-hydrogen) atoms. The van der Waals surface area contributed by atoms with Crippen LogP contribution in [-0.2, 0) is 12.8 Å². The van der Waals surface area contributed by atoms with Crippen LogP contribution in [-0.4, -0.2) is 31.0 Å². The van der Waals surface area contributed by atoms with Crippen molar-refractivity contribution in [2.24, 2.45) is 0 Å². The zero-order chi connectivity index (χ0) is 15.4. The fraction of sp³-hybridized carbons (Fsp3) is 0.625. The van der Waals surface area contributed by atoms with Gasteiger partial charge >= 0.3 is 0 Å². The molecular formula is C16H24N6. The average molecular weight is 300 g/mol. The zero-order valence-corrected chi connectivity index (χ0v) is 13.4. The van der Waals surface area contributed by atoms with E-state index in [0.29, 0.717) is 18.0 Å². The third kappa shape index (κ3) is 3.10. The first-order valence-corrected chi connectivity index (χ1v) is 8.30. The fourth-order valence-electron chi connectivity index (χ4n) is 3.24. The van der Waals surface area contributed by atoms with Crippen LogP contribution in [0.2, 0.25) is 0 Å². The number of hydrogen-bond donors (Lipinski definition) is 1. The van der Waals surface area contributed by atoms with Gasteiger partial charge in [-0.2, -0.15) is 10.2 Å². The molecule has 6 heteroatoms. The summed E-state index contributed by atoms with van der Waals surface area (Å²) in [5, 5.41) is 16.5. The van der Waals surface area contributed by atoms with Gasteiger partial charge in [0, 0.05) is 12.4 Å². The van der Waals surface area contributed by atoms with Crippen LogP contribution in [0.1, 0.15) is 57.0 Å². The second-order valence-electron chi connectivity index (χ2n) is 5.82. The van der Waals surface area contributed by atoms with Crippen LogP contribution in [0.5, 0.6) is 0 Å². The molecule has 2 atom stereocenters. The summed E-state index contributed by atoms with van der Waals surface area (Å²) in [7, 11) is 0. The van der Waals surface area contributed by atoms with Crippen LogP contribution < -0.4 is 5.32 Å². The quantitative estimate of drug-likeness (QED) is 0.919. The minimum absolute atomic E-state index is 0.313. The van der Waals surface area contributed by atoms with Gasteiger partial charge in [-0.15, -0.1) is 5.10 Å². The molecular weight excluding hydrogens is 276 g/mol. The number of hydrogen-bond acceptors (Lipinski definition) is 5. The van der Waals surface area contributed by atoms with Gasteiger partial charge in [-0.1, -0.05) is 26.7 Å². The molecule has 0 radical (unpaired) electrons. The summed E-state index contributed by atoms with van der Waals surface area (Å²) in [4.78, 5) is 4.66. The lowest BCUT2D eigenvalue weighted by molar-refractivity contribution is 0.300. The van der Waals surface area contributed by atoms with Crippen molar-refractivity contribution < 1.29 is 0 Å². The van der Waals surface area contributed by atoms with Gasteiger partial charge in [0.1, 0.15) is 0 Å². The average Bonchev–Trinajstić information content (AvgIpc) is 3.09. The minimum Gasteiger partial charge on any atom is -0.348 e. The van der Waals surface area contributed by atoms with Crippen molar-refractivity contribution in [1.29, 1.82) is 0 Å². The van der Waals surface area contributed by atoms with E-state index in [9.17, 15) is 0 Å². The molecule has 0 saturated heterocycles. The van der Waals surface area contributed by atoms with E-state index in [-0.39, 0.29) is 0 Å². The lowest BCUT2D eigenvalue weighted by Crippen LogP contribution is -2.35. The lowest BCUT2D eigenvalue weighted by atomic mass is 9.90. The normalized spacial score (nSPS) is 21.7. The van der Waals surface area contributed by atoms with Crippen LogP contribution in [0.15, 0.2) is 18.5 Å². The Hall–Kier alpha value is -1.98. The number of aromatic nitrogens is 5.